The first-order valence-electron chi connectivity index (χ1n) is 7.40. The number of hydrogen-bond donors (Lipinski definition) is 0. The molecule has 0 fully saturated rings. The van der Waals surface area contributed by atoms with Gasteiger partial charge in [0.15, 0.2) is 0 Å². The van der Waals surface area contributed by atoms with Gasteiger partial charge in [0.1, 0.15) is 17.1 Å². The van der Waals surface area contributed by atoms with Crippen LogP contribution in [-0.2, 0) is 4.79 Å². The van der Waals surface area contributed by atoms with E-state index in [1.165, 1.54) is 13.0 Å². The summed E-state index contributed by atoms with van der Waals surface area (Å²) in [6.07, 6.45) is 0. The molecule has 5 nitrogen and oxygen atoms in total. The summed E-state index contributed by atoms with van der Waals surface area (Å²) in [5.74, 6) is 0.690. The molecule has 0 saturated heterocycles. The first kappa shape index (κ1) is 15.8. The number of rotatable bonds is 3. The molecule has 0 bridgehead atoms. The minimum atomic E-state index is -0.462. The van der Waals surface area contributed by atoms with Crippen LogP contribution in [0.2, 0.25) is 0 Å². The van der Waals surface area contributed by atoms with Crippen LogP contribution in [0.4, 0.5) is 0 Å². The summed E-state index contributed by atoms with van der Waals surface area (Å²) in [6, 6.07) is 12.3. The highest BCUT2D eigenvalue weighted by Gasteiger charge is 2.14. The normalized spacial score (nSPS) is 10.6. The SMILES string of the molecule is COc1ccc(-c2cc(=O)oc3c(C)c(OC(C)=O)ccc23)cc1. The van der Waals surface area contributed by atoms with Crippen molar-refractivity contribution >= 4 is 16.9 Å². The first-order chi connectivity index (χ1) is 11.5. The van der Waals surface area contributed by atoms with Gasteiger partial charge in [0.05, 0.1) is 7.11 Å². The Balaban J connectivity index is 2.23. The van der Waals surface area contributed by atoms with Crippen LogP contribution in [0.15, 0.2) is 51.7 Å². The average molecular weight is 324 g/mol. The number of fused-ring (bicyclic) bond motifs is 1. The van der Waals surface area contributed by atoms with Crippen molar-refractivity contribution in [3.63, 3.8) is 0 Å². The van der Waals surface area contributed by atoms with Gasteiger partial charge < -0.3 is 13.9 Å². The molecule has 0 saturated carbocycles. The van der Waals surface area contributed by atoms with Crippen LogP contribution in [-0.4, -0.2) is 13.1 Å². The largest absolute Gasteiger partial charge is 0.497 e. The molecule has 0 aliphatic heterocycles. The van der Waals surface area contributed by atoms with Gasteiger partial charge in [0.2, 0.25) is 0 Å². The van der Waals surface area contributed by atoms with E-state index in [4.69, 9.17) is 13.9 Å². The Hall–Kier alpha value is -3.08. The molecule has 2 aromatic carbocycles. The third kappa shape index (κ3) is 2.88. The van der Waals surface area contributed by atoms with Crippen molar-refractivity contribution in [2.45, 2.75) is 13.8 Å². The molecular formula is C19H16O5. The zero-order chi connectivity index (χ0) is 17.3. The number of aryl methyl sites for hydroxylation is 1. The standard InChI is InChI=1S/C19H16O5/c1-11-17(23-12(2)20)9-8-15-16(10-18(21)24-19(11)15)13-4-6-14(22-3)7-5-13/h4-10H,1-3H3. The summed E-state index contributed by atoms with van der Waals surface area (Å²) in [4.78, 5) is 23.2. The van der Waals surface area contributed by atoms with Crippen LogP contribution in [0.1, 0.15) is 12.5 Å². The Labute approximate surface area is 138 Å². The Kier molecular flexibility index (Phi) is 4.08. The second-order valence-corrected chi connectivity index (χ2v) is 5.37. The van der Waals surface area contributed by atoms with E-state index in [1.807, 2.05) is 24.3 Å². The number of hydrogen-bond acceptors (Lipinski definition) is 5. The van der Waals surface area contributed by atoms with Crippen molar-refractivity contribution in [3.05, 3.63) is 58.4 Å². The molecule has 3 aromatic rings. The van der Waals surface area contributed by atoms with Crippen LogP contribution in [0.3, 0.4) is 0 Å². The second-order valence-electron chi connectivity index (χ2n) is 5.37. The molecule has 122 valence electrons. The number of carbonyl (C=O) groups excluding carboxylic acids is 1. The highest BCUT2D eigenvalue weighted by molar-refractivity contribution is 5.96. The fourth-order valence-electron chi connectivity index (χ4n) is 2.62. The topological polar surface area (TPSA) is 65.7 Å². The summed E-state index contributed by atoms with van der Waals surface area (Å²) >= 11 is 0. The van der Waals surface area contributed by atoms with Gasteiger partial charge in [-0.3, -0.25) is 4.79 Å². The smallest absolute Gasteiger partial charge is 0.336 e. The second kappa shape index (κ2) is 6.20. The lowest BCUT2D eigenvalue weighted by Gasteiger charge is -2.11. The Morgan fingerprint density at radius 1 is 1.08 bits per heavy atom. The lowest BCUT2D eigenvalue weighted by molar-refractivity contribution is -0.131. The molecule has 0 amide bonds. The third-order valence-corrected chi connectivity index (χ3v) is 3.77. The van der Waals surface area contributed by atoms with Gasteiger partial charge in [-0.15, -0.1) is 0 Å². The van der Waals surface area contributed by atoms with Gasteiger partial charge in [-0.25, -0.2) is 4.79 Å². The Morgan fingerprint density at radius 2 is 1.79 bits per heavy atom. The van der Waals surface area contributed by atoms with Crippen molar-refractivity contribution in [1.82, 2.24) is 0 Å². The van der Waals surface area contributed by atoms with E-state index in [0.717, 1.165) is 22.3 Å². The summed E-state index contributed by atoms with van der Waals surface area (Å²) in [5, 5.41) is 0.771. The Bertz CT molecular complexity index is 967. The van der Waals surface area contributed by atoms with E-state index in [0.29, 0.717) is 16.9 Å². The highest BCUT2D eigenvalue weighted by Crippen LogP contribution is 2.33. The monoisotopic (exact) mass is 324 g/mol. The molecule has 1 heterocycles. The maximum atomic E-state index is 12.0. The van der Waals surface area contributed by atoms with E-state index in [2.05, 4.69) is 0 Å². The fourth-order valence-corrected chi connectivity index (χ4v) is 2.62. The summed E-state index contributed by atoms with van der Waals surface area (Å²) in [5.41, 5.74) is 2.17. The van der Waals surface area contributed by atoms with Crippen molar-refractivity contribution in [2.24, 2.45) is 0 Å². The molecule has 0 unspecified atom stereocenters. The van der Waals surface area contributed by atoms with Crippen LogP contribution >= 0.6 is 0 Å². The van der Waals surface area contributed by atoms with Gasteiger partial charge in [0, 0.05) is 23.9 Å². The van der Waals surface area contributed by atoms with E-state index in [9.17, 15) is 9.59 Å². The van der Waals surface area contributed by atoms with E-state index in [-0.39, 0.29) is 0 Å². The number of carbonyl (C=O) groups is 1. The molecule has 24 heavy (non-hydrogen) atoms. The van der Waals surface area contributed by atoms with Gasteiger partial charge in [0.25, 0.3) is 0 Å². The van der Waals surface area contributed by atoms with Crippen LogP contribution < -0.4 is 15.1 Å². The third-order valence-electron chi connectivity index (χ3n) is 3.77. The summed E-state index contributed by atoms with van der Waals surface area (Å²) in [6.45, 7) is 3.08. The van der Waals surface area contributed by atoms with E-state index in [1.54, 1.807) is 26.2 Å². The first-order valence-corrected chi connectivity index (χ1v) is 7.40. The number of methoxy groups -OCH3 is 1. The number of esters is 1. The maximum absolute atomic E-state index is 12.0. The van der Waals surface area contributed by atoms with Gasteiger partial charge in [-0.05, 0) is 42.3 Å². The molecular weight excluding hydrogens is 308 g/mol. The molecule has 1 aromatic heterocycles. The van der Waals surface area contributed by atoms with Crippen LogP contribution in [0.25, 0.3) is 22.1 Å². The van der Waals surface area contributed by atoms with Crippen molar-refractivity contribution in [3.8, 4) is 22.6 Å². The Morgan fingerprint density at radius 3 is 2.42 bits per heavy atom. The number of ether oxygens (including phenoxy) is 2. The predicted molar refractivity (Wildman–Crippen MR) is 90.5 cm³/mol. The molecule has 0 spiro atoms. The molecule has 0 N–H and O–H groups in total. The molecule has 0 atom stereocenters. The maximum Gasteiger partial charge on any atom is 0.336 e. The molecule has 5 heteroatoms. The quantitative estimate of drug-likeness (QED) is 0.417. The van der Waals surface area contributed by atoms with Crippen molar-refractivity contribution < 1.29 is 18.7 Å². The van der Waals surface area contributed by atoms with Gasteiger partial charge in [-0.1, -0.05) is 12.1 Å². The van der Waals surface area contributed by atoms with Crippen LogP contribution in [0, 0.1) is 6.92 Å². The average Bonchev–Trinajstić information content (AvgIpc) is 2.57. The molecule has 0 aliphatic carbocycles. The fraction of sp³-hybridized carbons (Fsp3) is 0.158. The van der Waals surface area contributed by atoms with E-state index >= 15 is 0 Å². The summed E-state index contributed by atoms with van der Waals surface area (Å²) in [7, 11) is 1.60. The molecule has 3 rings (SSSR count). The van der Waals surface area contributed by atoms with Gasteiger partial charge >= 0.3 is 11.6 Å². The minimum Gasteiger partial charge on any atom is -0.497 e. The molecule has 0 radical (unpaired) electrons. The predicted octanol–water partition coefficient (Wildman–Crippen LogP) is 3.70. The van der Waals surface area contributed by atoms with Crippen molar-refractivity contribution in [1.29, 1.82) is 0 Å². The highest BCUT2D eigenvalue weighted by atomic mass is 16.5. The molecule has 0 aliphatic rings. The van der Waals surface area contributed by atoms with Crippen LogP contribution in [0.5, 0.6) is 11.5 Å². The lowest BCUT2D eigenvalue weighted by atomic mass is 10.00. The zero-order valence-electron chi connectivity index (χ0n) is 13.6. The summed E-state index contributed by atoms with van der Waals surface area (Å²) < 4.78 is 15.7. The minimum absolute atomic E-state index is 0.380. The zero-order valence-corrected chi connectivity index (χ0v) is 13.6. The van der Waals surface area contributed by atoms with E-state index < -0.39 is 11.6 Å². The lowest BCUT2D eigenvalue weighted by Crippen LogP contribution is -2.04. The van der Waals surface area contributed by atoms with Crippen molar-refractivity contribution in [2.75, 3.05) is 7.11 Å². The van der Waals surface area contributed by atoms with Gasteiger partial charge in [-0.2, -0.15) is 0 Å². The number of benzene rings is 2.